The van der Waals surface area contributed by atoms with E-state index in [9.17, 15) is 4.79 Å². The van der Waals surface area contributed by atoms with Gasteiger partial charge in [0.25, 0.3) is 0 Å². The van der Waals surface area contributed by atoms with Crippen LogP contribution in [0.4, 0.5) is 5.69 Å². The third-order valence-corrected chi connectivity index (χ3v) is 4.26. The van der Waals surface area contributed by atoms with E-state index in [0.29, 0.717) is 5.75 Å². The number of nitrogens with two attached hydrogens (primary N) is 1. The molecule has 1 aromatic carbocycles. The Bertz CT molecular complexity index is 429. The Balaban J connectivity index is 2.45. The molecule has 0 heterocycles. The fraction of sp³-hybridized carbons (Fsp3) is 0.462. The van der Waals surface area contributed by atoms with Crippen LogP contribution < -0.4 is 11.1 Å². The van der Waals surface area contributed by atoms with Crippen LogP contribution in [-0.4, -0.2) is 23.0 Å². The average molecular weight is 378 g/mol. The molecule has 0 aliphatic carbocycles. The number of hydrogen-bond acceptors (Lipinski definition) is 3. The van der Waals surface area contributed by atoms with Gasteiger partial charge in [-0.2, -0.15) is 11.8 Å². The minimum Gasteiger partial charge on any atom is -0.325 e. The Morgan fingerprint density at radius 1 is 1.50 bits per heavy atom. The molecule has 1 aromatic rings. The van der Waals surface area contributed by atoms with Crippen molar-refractivity contribution < 1.29 is 4.79 Å². The van der Waals surface area contributed by atoms with Gasteiger partial charge < -0.3 is 11.1 Å². The second-order valence-electron chi connectivity index (χ2n) is 4.99. The third-order valence-electron chi connectivity index (χ3n) is 2.17. The Morgan fingerprint density at radius 2 is 2.17 bits per heavy atom. The summed E-state index contributed by atoms with van der Waals surface area (Å²) in [6.07, 6.45) is 0. The molecule has 0 fully saturated rings. The number of thioether (sulfide) groups is 1. The molecule has 100 valence electrons. The lowest BCUT2D eigenvalue weighted by Gasteiger charge is -2.17. The lowest BCUT2D eigenvalue weighted by Crippen LogP contribution is -2.35. The zero-order chi connectivity index (χ0) is 13.8. The van der Waals surface area contributed by atoms with Gasteiger partial charge in [-0.1, -0.05) is 0 Å². The van der Waals surface area contributed by atoms with E-state index in [4.69, 9.17) is 5.73 Å². The van der Waals surface area contributed by atoms with Gasteiger partial charge in [0, 0.05) is 20.5 Å². The van der Waals surface area contributed by atoms with E-state index in [1.807, 2.05) is 39.0 Å². The Kier molecular flexibility index (Phi) is 5.94. The number of benzene rings is 1. The number of carbonyl (C=O) groups is 1. The maximum Gasteiger partial charge on any atom is 0.234 e. The van der Waals surface area contributed by atoms with Crippen LogP contribution in [0.25, 0.3) is 0 Å². The SMILES string of the molecule is Cc1cc(I)ccc1NC(=O)CSCC(C)(C)N. The lowest BCUT2D eigenvalue weighted by molar-refractivity contribution is -0.113. The van der Waals surface area contributed by atoms with Gasteiger partial charge in [0.2, 0.25) is 5.91 Å². The monoisotopic (exact) mass is 378 g/mol. The molecule has 3 nitrogen and oxygen atoms in total. The zero-order valence-corrected chi connectivity index (χ0v) is 13.9. The minimum atomic E-state index is -0.232. The number of aryl methyl sites for hydroxylation is 1. The topological polar surface area (TPSA) is 55.1 Å². The van der Waals surface area contributed by atoms with Crippen LogP contribution in [0.5, 0.6) is 0 Å². The Hall–Kier alpha value is -0.270. The minimum absolute atomic E-state index is 0.0218. The molecule has 5 heteroatoms. The molecule has 3 N–H and O–H groups in total. The van der Waals surface area contributed by atoms with Crippen molar-refractivity contribution in [1.29, 1.82) is 0 Å². The number of halogens is 1. The number of hydrogen-bond donors (Lipinski definition) is 2. The van der Waals surface area contributed by atoms with Gasteiger partial charge in [0.15, 0.2) is 0 Å². The van der Waals surface area contributed by atoms with Crippen molar-refractivity contribution in [2.24, 2.45) is 5.73 Å². The van der Waals surface area contributed by atoms with Crippen molar-refractivity contribution in [2.45, 2.75) is 26.3 Å². The largest absolute Gasteiger partial charge is 0.325 e. The van der Waals surface area contributed by atoms with E-state index in [-0.39, 0.29) is 11.4 Å². The number of amides is 1. The standard InChI is InChI=1S/C13H19IN2OS/c1-9-6-10(14)4-5-11(9)16-12(17)7-18-8-13(2,3)15/h4-6H,7-8,15H2,1-3H3,(H,16,17). The van der Waals surface area contributed by atoms with Crippen LogP contribution in [0.2, 0.25) is 0 Å². The number of carbonyl (C=O) groups excluding carboxylic acids is 1. The highest BCUT2D eigenvalue weighted by Crippen LogP contribution is 2.18. The van der Waals surface area contributed by atoms with Crippen LogP contribution in [0.15, 0.2) is 18.2 Å². The quantitative estimate of drug-likeness (QED) is 0.775. The molecule has 0 aliphatic rings. The summed E-state index contributed by atoms with van der Waals surface area (Å²) in [6, 6.07) is 5.97. The first-order chi connectivity index (χ1) is 8.28. The molecule has 0 saturated carbocycles. The summed E-state index contributed by atoms with van der Waals surface area (Å²) in [7, 11) is 0. The highest BCUT2D eigenvalue weighted by Gasteiger charge is 2.12. The van der Waals surface area contributed by atoms with Crippen molar-refractivity contribution in [3.05, 3.63) is 27.3 Å². The Morgan fingerprint density at radius 3 is 2.72 bits per heavy atom. The summed E-state index contributed by atoms with van der Waals surface area (Å²) < 4.78 is 1.17. The van der Waals surface area contributed by atoms with Crippen LogP contribution in [0.3, 0.4) is 0 Å². The van der Waals surface area contributed by atoms with E-state index in [2.05, 4.69) is 27.9 Å². The van der Waals surface area contributed by atoms with Crippen molar-refractivity contribution in [3.63, 3.8) is 0 Å². The molecule has 0 atom stereocenters. The molecule has 0 aliphatic heterocycles. The Labute approximate surface area is 126 Å². The smallest absolute Gasteiger partial charge is 0.234 e. The van der Waals surface area contributed by atoms with Gasteiger partial charge in [-0.25, -0.2) is 0 Å². The summed E-state index contributed by atoms with van der Waals surface area (Å²) in [5.41, 5.74) is 7.59. The molecule has 1 amide bonds. The molecule has 0 spiro atoms. The summed E-state index contributed by atoms with van der Waals surface area (Å²) in [5, 5.41) is 2.92. The van der Waals surface area contributed by atoms with Gasteiger partial charge in [-0.15, -0.1) is 0 Å². The normalized spacial score (nSPS) is 11.4. The van der Waals surface area contributed by atoms with E-state index in [0.717, 1.165) is 17.0 Å². The molecule has 0 unspecified atom stereocenters. The van der Waals surface area contributed by atoms with Crippen molar-refractivity contribution in [3.8, 4) is 0 Å². The number of rotatable bonds is 5. The molecular weight excluding hydrogens is 359 g/mol. The zero-order valence-electron chi connectivity index (χ0n) is 10.9. The van der Waals surface area contributed by atoms with Crippen LogP contribution in [0, 0.1) is 10.5 Å². The third kappa shape index (κ3) is 6.06. The predicted octanol–water partition coefficient (Wildman–Crippen LogP) is 3.01. The number of anilines is 1. The predicted molar refractivity (Wildman–Crippen MR) is 88.1 cm³/mol. The molecular formula is C13H19IN2OS. The first-order valence-electron chi connectivity index (χ1n) is 5.70. The van der Waals surface area contributed by atoms with Crippen molar-refractivity contribution in [2.75, 3.05) is 16.8 Å². The second kappa shape index (κ2) is 6.77. The highest BCUT2D eigenvalue weighted by molar-refractivity contribution is 14.1. The van der Waals surface area contributed by atoms with E-state index in [1.54, 1.807) is 11.8 Å². The first kappa shape index (κ1) is 15.8. The van der Waals surface area contributed by atoms with Crippen molar-refractivity contribution in [1.82, 2.24) is 0 Å². The fourth-order valence-corrected chi connectivity index (χ4v) is 2.89. The molecule has 1 rings (SSSR count). The van der Waals surface area contributed by atoms with Gasteiger partial charge in [0.05, 0.1) is 5.75 Å². The summed E-state index contributed by atoms with van der Waals surface area (Å²) in [4.78, 5) is 11.8. The molecule has 0 saturated heterocycles. The highest BCUT2D eigenvalue weighted by atomic mass is 127. The van der Waals surface area contributed by atoms with Crippen LogP contribution >= 0.6 is 34.4 Å². The van der Waals surface area contributed by atoms with Crippen LogP contribution in [-0.2, 0) is 4.79 Å². The van der Waals surface area contributed by atoms with E-state index < -0.39 is 0 Å². The second-order valence-corrected chi connectivity index (χ2v) is 7.22. The van der Waals surface area contributed by atoms with Crippen LogP contribution in [0.1, 0.15) is 19.4 Å². The van der Waals surface area contributed by atoms with Gasteiger partial charge in [-0.05, 0) is 67.1 Å². The maximum atomic E-state index is 11.8. The van der Waals surface area contributed by atoms with E-state index in [1.165, 1.54) is 3.57 Å². The molecule has 0 radical (unpaired) electrons. The molecule has 0 bridgehead atoms. The summed E-state index contributed by atoms with van der Waals surface area (Å²) >= 11 is 3.81. The van der Waals surface area contributed by atoms with Gasteiger partial charge >= 0.3 is 0 Å². The van der Waals surface area contributed by atoms with Gasteiger partial charge in [-0.3, -0.25) is 4.79 Å². The lowest BCUT2D eigenvalue weighted by atomic mass is 10.1. The van der Waals surface area contributed by atoms with Crippen molar-refractivity contribution >= 4 is 45.9 Å². The van der Waals surface area contributed by atoms with E-state index >= 15 is 0 Å². The maximum absolute atomic E-state index is 11.8. The van der Waals surface area contributed by atoms with Gasteiger partial charge in [0.1, 0.15) is 0 Å². The summed E-state index contributed by atoms with van der Waals surface area (Å²) in [6.45, 7) is 5.91. The molecule has 18 heavy (non-hydrogen) atoms. The fourth-order valence-electron chi connectivity index (χ4n) is 1.36. The number of nitrogens with one attached hydrogen (secondary N) is 1. The average Bonchev–Trinajstić information content (AvgIpc) is 2.20. The first-order valence-corrected chi connectivity index (χ1v) is 7.94. The summed E-state index contributed by atoms with van der Waals surface area (Å²) in [5.74, 6) is 1.23. The molecule has 0 aromatic heterocycles.